The van der Waals surface area contributed by atoms with Crippen molar-refractivity contribution in [3.8, 4) is 0 Å². The molecule has 1 amide bonds. The molecular formula is C21H29N3O3S. The second kappa shape index (κ2) is 8.07. The molecule has 2 aliphatic rings. The fourth-order valence-electron chi connectivity index (χ4n) is 3.72. The summed E-state index contributed by atoms with van der Waals surface area (Å²) in [5, 5.41) is 0. The molecule has 2 aliphatic heterocycles. The number of hydrogen-bond donors (Lipinski definition) is 0. The lowest BCUT2D eigenvalue weighted by Crippen LogP contribution is -2.39. The van der Waals surface area contributed by atoms with Gasteiger partial charge in [-0.1, -0.05) is 43.7 Å². The third kappa shape index (κ3) is 3.99. The van der Waals surface area contributed by atoms with E-state index >= 15 is 0 Å². The molecule has 0 aliphatic carbocycles. The van der Waals surface area contributed by atoms with Crippen molar-refractivity contribution >= 4 is 26.7 Å². The van der Waals surface area contributed by atoms with Gasteiger partial charge in [0.2, 0.25) is 5.91 Å². The van der Waals surface area contributed by atoms with E-state index in [0.29, 0.717) is 48.1 Å². The normalized spacial score (nSPS) is 20.8. The fourth-order valence-corrected chi connectivity index (χ4v) is 5.21. The lowest BCUT2D eigenvalue weighted by molar-refractivity contribution is -0.134. The number of carbonyl (C=O) groups excluding carboxylic acids is 1. The number of sulfonamides is 1. The van der Waals surface area contributed by atoms with Gasteiger partial charge in [0.1, 0.15) is 10.7 Å². The Bertz CT molecular complexity index is 917. The van der Waals surface area contributed by atoms with E-state index < -0.39 is 10.0 Å². The second-order valence-electron chi connectivity index (χ2n) is 7.69. The largest absolute Gasteiger partial charge is 0.354 e. The summed E-state index contributed by atoms with van der Waals surface area (Å²) in [4.78, 5) is 16.7. The van der Waals surface area contributed by atoms with E-state index in [2.05, 4.69) is 4.40 Å². The fraction of sp³-hybridized carbons (Fsp3) is 0.524. The van der Waals surface area contributed by atoms with Crippen LogP contribution in [0.15, 0.2) is 34.2 Å². The molecule has 1 atom stereocenters. The van der Waals surface area contributed by atoms with Crippen LogP contribution >= 0.6 is 0 Å². The Labute approximate surface area is 168 Å². The van der Waals surface area contributed by atoms with Gasteiger partial charge in [0.25, 0.3) is 10.0 Å². The maximum atomic E-state index is 12.8. The van der Waals surface area contributed by atoms with E-state index in [4.69, 9.17) is 0 Å². The zero-order valence-corrected chi connectivity index (χ0v) is 17.9. The molecule has 3 rings (SSSR count). The van der Waals surface area contributed by atoms with Crippen molar-refractivity contribution < 1.29 is 13.2 Å². The molecule has 1 aromatic rings. The standard InChI is InChI=1S/C21H29N3O3S/c1-5-16(3)21(25)24-12-6-11-23(13-14-24)20-17(4)19(28(26,27)22-20)18-9-7-15(2)8-10-18/h7-10,16H,5-6,11-14H2,1-4H3. The van der Waals surface area contributed by atoms with Crippen molar-refractivity contribution in [1.29, 1.82) is 0 Å². The van der Waals surface area contributed by atoms with Gasteiger partial charge in [-0.3, -0.25) is 4.79 Å². The molecule has 0 spiro atoms. The van der Waals surface area contributed by atoms with Crippen molar-refractivity contribution in [3.63, 3.8) is 0 Å². The molecule has 6 nitrogen and oxygen atoms in total. The van der Waals surface area contributed by atoms with Crippen LogP contribution in [0.25, 0.3) is 4.91 Å². The SMILES string of the molecule is CCC(C)C(=O)N1CCCN(C2=NS(=O)(=O)C(c3ccc(C)cc3)=C2C)CC1. The first kappa shape index (κ1) is 20.6. The summed E-state index contributed by atoms with van der Waals surface area (Å²) in [6, 6.07) is 7.49. The summed E-state index contributed by atoms with van der Waals surface area (Å²) in [5.74, 6) is 0.719. The van der Waals surface area contributed by atoms with Crippen LogP contribution in [0.5, 0.6) is 0 Å². The molecular weight excluding hydrogens is 374 g/mol. The molecule has 1 saturated heterocycles. The predicted molar refractivity (Wildman–Crippen MR) is 112 cm³/mol. The van der Waals surface area contributed by atoms with Crippen LogP contribution in [0.2, 0.25) is 0 Å². The molecule has 0 aromatic heterocycles. The Morgan fingerprint density at radius 1 is 1.11 bits per heavy atom. The van der Waals surface area contributed by atoms with Crippen LogP contribution in [-0.2, 0) is 14.8 Å². The number of hydrogen-bond acceptors (Lipinski definition) is 4. The van der Waals surface area contributed by atoms with Crippen LogP contribution in [0.1, 0.15) is 44.7 Å². The second-order valence-corrected chi connectivity index (χ2v) is 9.23. The van der Waals surface area contributed by atoms with Gasteiger partial charge in [-0.2, -0.15) is 8.42 Å². The van der Waals surface area contributed by atoms with Crippen LogP contribution < -0.4 is 0 Å². The minimum Gasteiger partial charge on any atom is -0.354 e. The topological polar surface area (TPSA) is 70.1 Å². The van der Waals surface area contributed by atoms with E-state index in [1.165, 1.54) is 0 Å². The first-order valence-electron chi connectivity index (χ1n) is 9.91. The van der Waals surface area contributed by atoms with E-state index in [9.17, 15) is 13.2 Å². The van der Waals surface area contributed by atoms with Crippen molar-refractivity contribution in [2.45, 2.75) is 40.5 Å². The van der Waals surface area contributed by atoms with E-state index in [-0.39, 0.29) is 11.8 Å². The summed E-state index contributed by atoms with van der Waals surface area (Å²) in [6.45, 7) is 10.4. The highest BCUT2D eigenvalue weighted by Crippen LogP contribution is 2.34. The molecule has 1 fully saturated rings. The number of rotatable bonds is 3. The van der Waals surface area contributed by atoms with Crippen LogP contribution in [0, 0.1) is 12.8 Å². The Morgan fingerprint density at radius 2 is 1.79 bits per heavy atom. The molecule has 1 aromatic carbocycles. The molecule has 0 bridgehead atoms. The number of nitrogens with zero attached hydrogens (tertiary/aromatic N) is 3. The molecule has 0 N–H and O–H groups in total. The average molecular weight is 404 g/mol. The molecule has 7 heteroatoms. The highest BCUT2D eigenvalue weighted by atomic mass is 32.2. The molecule has 1 unspecified atom stereocenters. The van der Waals surface area contributed by atoms with Crippen molar-refractivity contribution in [3.05, 3.63) is 41.0 Å². The Hall–Kier alpha value is -2.15. The number of amidine groups is 1. The maximum absolute atomic E-state index is 12.8. The highest BCUT2D eigenvalue weighted by Gasteiger charge is 2.34. The van der Waals surface area contributed by atoms with Crippen molar-refractivity contribution in [1.82, 2.24) is 9.80 Å². The van der Waals surface area contributed by atoms with E-state index in [1.807, 2.05) is 61.8 Å². The van der Waals surface area contributed by atoms with Crippen molar-refractivity contribution in [2.24, 2.45) is 10.3 Å². The van der Waals surface area contributed by atoms with Gasteiger partial charge in [0.15, 0.2) is 0 Å². The van der Waals surface area contributed by atoms with Gasteiger partial charge in [0.05, 0.1) is 0 Å². The maximum Gasteiger partial charge on any atom is 0.285 e. The predicted octanol–water partition coefficient (Wildman–Crippen LogP) is 3.05. The first-order valence-corrected chi connectivity index (χ1v) is 11.4. The summed E-state index contributed by atoms with van der Waals surface area (Å²) in [5.41, 5.74) is 2.44. The van der Waals surface area contributed by atoms with Gasteiger partial charge in [-0.15, -0.1) is 4.40 Å². The van der Waals surface area contributed by atoms with E-state index in [1.54, 1.807) is 0 Å². The molecule has 28 heavy (non-hydrogen) atoms. The Kier molecular flexibility index (Phi) is 5.93. The minimum atomic E-state index is -3.71. The van der Waals surface area contributed by atoms with Gasteiger partial charge in [-0.05, 0) is 32.3 Å². The summed E-state index contributed by atoms with van der Waals surface area (Å²) >= 11 is 0. The van der Waals surface area contributed by atoms with Crippen LogP contribution in [0.3, 0.4) is 0 Å². The molecule has 152 valence electrons. The number of carbonyl (C=O) groups is 1. The quantitative estimate of drug-likeness (QED) is 0.778. The third-order valence-corrected chi connectivity index (χ3v) is 7.07. The molecule has 2 heterocycles. The minimum absolute atomic E-state index is 0.0190. The number of benzene rings is 1. The van der Waals surface area contributed by atoms with Gasteiger partial charge in [0, 0.05) is 37.7 Å². The van der Waals surface area contributed by atoms with Gasteiger partial charge < -0.3 is 9.80 Å². The Morgan fingerprint density at radius 3 is 2.43 bits per heavy atom. The summed E-state index contributed by atoms with van der Waals surface area (Å²) < 4.78 is 29.6. The zero-order valence-electron chi connectivity index (χ0n) is 17.1. The third-order valence-electron chi connectivity index (χ3n) is 5.60. The monoisotopic (exact) mass is 403 g/mol. The zero-order chi connectivity index (χ0) is 20.5. The average Bonchev–Trinajstić information content (AvgIpc) is 2.83. The summed E-state index contributed by atoms with van der Waals surface area (Å²) in [7, 11) is -3.71. The van der Waals surface area contributed by atoms with Crippen molar-refractivity contribution in [2.75, 3.05) is 26.2 Å². The lowest BCUT2D eigenvalue weighted by atomic mass is 10.1. The number of amides is 1. The summed E-state index contributed by atoms with van der Waals surface area (Å²) in [6.07, 6.45) is 1.63. The lowest BCUT2D eigenvalue weighted by Gasteiger charge is -2.25. The molecule has 0 radical (unpaired) electrons. The smallest absolute Gasteiger partial charge is 0.285 e. The Balaban J connectivity index is 1.84. The first-order chi connectivity index (χ1) is 13.2. The molecule has 0 saturated carbocycles. The van der Waals surface area contributed by atoms with Gasteiger partial charge >= 0.3 is 0 Å². The van der Waals surface area contributed by atoms with Gasteiger partial charge in [-0.25, -0.2) is 0 Å². The van der Waals surface area contributed by atoms with Crippen LogP contribution in [0.4, 0.5) is 0 Å². The van der Waals surface area contributed by atoms with E-state index in [0.717, 1.165) is 18.4 Å². The van der Waals surface area contributed by atoms with Crippen LogP contribution in [-0.4, -0.2) is 56.1 Å². The number of aryl methyl sites for hydroxylation is 1. The highest BCUT2D eigenvalue weighted by molar-refractivity contribution is 8.00.